The zero-order chi connectivity index (χ0) is 16.7. The van der Waals surface area contributed by atoms with Crippen LogP contribution in [0.3, 0.4) is 0 Å². The van der Waals surface area contributed by atoms with Gasteiger partial charge >= 0.3 is 0 Å². The highest BCUT2D eigenvalue weighted by Gasteiger charge is 2.27. The van der Waals surface area contributed by atoms with Crippen LogP contribution in [0.15, 0.2) is 24.3 Å². The first-order valence-electron chi connectivity index (χ1n) is 8.30. The normalized spacial score (nSPS) is 19.4. The predicted molar refractivity (Wildman–Crippen MR) is 96.7 cm³/mol. The molecular formula is C18H27ClN2O3. The van der Waals surface area contributed by atoms with Crippen LogP contribution in [-0.2, 0) is 4.79 Å². The van der Waals surface area contributed by atoms with Crippen molar-refractivity contribution in [2.75, 3.05) is 13.7 Å². The number of hydrogen-bond donors (Lipinski definition) is 2. The van der Waals surface area contributed by atoms with Gasteiger partial charge in [-0.15, -0.1) is 12.4 Å². The Morgan fingerprint density at radius 2 is 1.92 bits per heavy atom. The molecule has 2 atom stereocenters. The second-order valence-electron chi connectivity index (χ2n) is 6.11. The van der Waals surface area contributed by atoms with E-state index in [1.54, 1.807) is 31.4 Å². The first-order valence-corrected chi connectivity index (χ1v) is 8.30. The molecule has 2 unspecified atom stereocenters. The van der Waals surface area contributed by atoms with Gasteiger partial charge in [-0.2, -0.15) is 0 Å². The van der Waals surface area contributed by atoms with Crippen molar-refractivity contribution < 1.29 is 14.3 Å². The molecule has 0 spiro atoms. The molecule has 0 aromatic heterocycles. The fourth-order valence-corrected chi connectivity index (χ4v) is 3.12. The number of Topliss-reactive ketones (excluding diaryl/α,β-unsaturated/α-hetero) is 1. The monoisotopic (exact) mass is 354 g/mol. The van der Waals surface area contributed by atoms with Gasteiger partial charge in [0.05, 0.1) is 7.11 Å². The molecule has 1 aromatic rings. The number of nitrogens with one attached hydrogen (secondary N) is 1. The maximum atomic E-state index is 12.1. The van der Waals surface area contributed by atoms with Crippen LogP contribution in [0, 0.1) is 5.92 Å². The summed E-state index contributed by atoms with van der Waals surface area (Å²) >= 11 is 0. The molecular weight excluding hydrogens is 328 g/mol. The van der Waals surface area contributed by atoms with Crippen LogP contribution in [0.5, 0.6) is 5.75 Å². The van der Waals surface area contributed by atoms with Crippen LogP contribution in [0.1, 0.15) is 48.9 Å². The number of halogens is 1. The minimum Gasteiger partial charge on any atom is -0.497 e. The maximum Gasteiger partial charge on any atom is 0.220 e. The van der Waals surface area contributed by atoms with Crippen LogP contribution in [0.25, 0.3) is 0 Å². The number of carbonyl (C=O) groups excluding carboxylic acids is 2. The van der Waals surface area contributed by atoms with Crippen LogP contribution >= 0.6 is 12.4 Å². The number of ether oxygens (including phenoxy) is 1. The molecule has 24 heavy (non-hydrogen) atoms. The summed E-state index contributed by atoms with van der Waals surface area (Å²) in [5.74, 6) is 1.21. The fraction of sp³-hybridized carbons (Fsp3) is 0.556. The van der Waals surface area contributed by atoms with E-state index in [4.69, 9.17) is 10.5 Å². The third-order valence-electron chi connectivity index (χ3n) is 4.53. The van der Waals surface area contributed by atoms with Crippen molar-refractivity contribution in [3.63, 3.8) is 0 Å². The molecule has 134 valence electrons. The molecule has 3 N–H and O–H groups in total. The fourth-order valence-electron chi connectivity index (χ4n) is 3.12. The summed E-state index contributed by atoms with van der Waals surface area (Å²) < 4.78 is 5.07. The lowest BCUT2D eigenvalue weighted by molar-refractivity contribution is -0.122. The van der Waals surface area contributed by atoms with E-state index < -0.39 is 0 Å². The SMILES string of the molecule is COc1ccc(C(=O)CCCC(=O)NC2CCCC2CN)cc1.Cl. The zero-order valence-electron chi connectivity index (χ0n) is 14.1. The Hall–Kier alpha value is -1.59. The third kappa shape index (κ3) is 5.80. The van der Waals surface area contributed by atoms with E-state index in [1.807, 2.05) is 0 Å². The van der Waals surface area contributed by atoms with Gasteiger partial charge in [0.1, 0.15) is 5.75 Å². The van der Waals surface area contributed by atoms with Crippen LogP contribution in [0.4, 0.5) is 0 Å². The summed E-state index contributed by atoms with van der Waals surface area (Å²) in [4.78, 5) is 24.1. The Kier molecular flexibility index (Phi) is 8.79. The molecule has 1 aliphatic carbocycles. The number of ketones is 1. The lowest BCUT2D eigenvalue weighted by Gasteiger charge is -2.19. The topological polar surface area (TPSA) is 81.4 Å². The molecule has 0 radical (unpaired) electrons. The van der Waals surface area contributed by atoms with Crippen molar-refractivity contribution in [3.05, 3.63) is 29.8 Å². The van der Waals surface area contributed by atoms with Crippen LogP contribution in [-0.4, -0.2) is 31.4 Å². The second kappa shape index (κ2) is 10.3. The summed E-state index contributed by atoms with van der Waals surface area (Å²) in [6.45, 7) is 0.626. The average molecular weight is 355 g/mol. The Morgan fingerprint density at radius 1 is 1.21 bits per heavy atom. The van der Waals surface area contributed by atoms with Gasteiger partial charge in [0, 0.05) is 24.4 Å². The molecule has 1 amide bonds. The number of amides is 1. The van der Waals surface area contributed by atoms with E-state index in [0.29, 0.717) is 37.3 Å². The van der Waals surface area contributed by atoms with Crippen molar-refractivity contribution in [2.45, 2.75) is 44.6 Å². The van der Waals surface area contributed by atoms with E-state index in [9.17, 15) is 9.59 Å². The number of benzene rings is 1. The van der Waals surface area contributed by atoms with E-state index in [0.717, 1.165) is 25.0 Å². The number of carbonyl (C=O) groups is 2. The lowest BCUT2D eigenvalue weighted by Crippen LogP contribution is -2.39. The molecule has 0 aliphatic heterocycles. The molecule has 2 rings (SSSR count). The highest BCUT2D eigenvalue weighted by molar-refractivity contribution is 5.96. The molecule has 0 bridgehead atoms. The highest BCUT2D eigenvalue weighted by atomic mass is 35.5. The second-order valence-corrected chi connectivity index (χ2v) is 6.11. The molecule has 0 saturated heterocycles. The quantitative estimate of drug-likeness (QED) is 0.703. The van der Waals surface area contributed by atoms with Crippen LogP contribution in [0.2, 0.25) is 0 Å². The first kappa shape index (κ1) is 20.5. The van der Waals surface area contributed by atoms with Crippen molar-refractivity contribution in [2.24, 2.45) is 11.7 Å². The standard InChI is InChI=1S/C18H26N2O3.ClH/c1-23-15-10-8-13(9-11-15)17(21)6-3-7-18(22)20-16-5-2-4-14(16)12-19;/h8-11,14,16H,2-7,12,19H2,1H3,(H,20,22);1H. The Morgan fingerprint density at radius 3 is 2.54 bits per heavy atom. The maximum absolute atomic E-state index is 12.1. The molecule has 6 heteroatoms. The summed E-state index contributed by atoms with van der Waals surface area (Å²) in [6, 6.07) is 7.27. The number of nitrogens with two attached hydrogens (primary N) is 1. The van der Waals surface area contributed by atoms with E-state index in [-0.39, 0.29) is 30.1 Å². The summed E-state index contributed by atoms with van der Waals surface area (Å²) in [5.41, 5.74) is 6.38. The van der Waals surface area contributed by atoms with E-state index in [2.05, 4.69) is 5.32 Å². The van der Waals surface area contributed by atoms with Crippen molar-refractivity contribution >= 4 is 24.1 Å². The van der Waals surface area contributed by atoms with Gasteiger partial charge in [-0.1, -0.05) is 6.42 Å². The Bertz CT molecular complexity index is 534. The summed E-state index contributed by atoms with van der Waals surface area (Å²) in [6.07, 6.45) is 4.57. The molecule has 1 aliphatic rings. The molecule has 5 nitrogen and oxygen atoms in total. The molecule has 0 heterocycles. The number of hydrogen-bond acceptors (Lipinski definition) is 4. The number of methoxy groups -OCH3 is 1. The highest BCUT2D eigenvalue weighted by Crippen LogP contribution is 2.24. The average Bonchev–Trinajstić information content (AvgIpc) is 3.01. The zero-order valence-corrected chi connectivity index (χ0v) is 14.9. The first-order chi connectivity index (χ1) is 11.1. The van der Waals surface area contributed by atoms with Crippen molar-refractivity contribution in [1.29, 1.82) is 0 Å². The van der Waals surface area contributed by atoms with Crippen molar-refractivity contribution in [1.82, 2.24) is 5.32 Å². The molecule has 1 aromatic carbocycles. The predicted octanol–water partition coefficient (Wildman–Crippen LogP) is 2.71. The minimum absolute atomic E-state index is 0. The van der Waals surface area contributed by atoms with Gasteiger partial charge in [0.15, 0.2) is 5.78 Å². The van der Waals surface area contributed by atoms with Crippen molar-refractivity contribution in [3.8, 4) is 5.75 Å². The van der Waals surface area contributed by atoms with Gasteiger partial charge in [-0.05, 0) is 56.0 Å². The van der Waals surface area contributed by atoms with Crippen LogP contribution < -0.4 is 15.8 Å². The summed E-state index contributed by atoms with van der Waals surface area (Å²) in [5, 5.41) is 3.06. The lowest BCUT2D eigenvalue weighted by atomic mass is 10.0. The van der Waals surface area contributed by atoms with Gasteiger partial charge < -0.3 is 15.8 Å². The largest absolute Gasteiger partial charge is 0.497 e. The molecule has 1 saturated carbocycles. The van der Waals surface area contributed by atoms with Gasteiger partial charge in [0.2, 0.25) is 5.91 Å². The van der Waals surface area contributed by atoms with Gasteiger partial charge in [0.25, 0.3) is 0 Å². The smallest absolute Gasteiger partial charge is 0.220 e. The summed E-state index contributed by atoms with van der Waals surface area (Å²) in [7, 11) is 1.59. The number of rotatable bonds is 8. The molecule has 1 fully saturated rings. The third-order valence-corrected chi connectivity index (χ3v) is 4.53. The van der Waals surface area contributed by atoms with Gasteiger partial charge in [-0.3, -0.25) is 9.59 Å². The Balaban J connectivity index is 0.00000288. The van der Waals surface area contributed by atoms with Gasteiger partial charge in [-0.25, -0.2) is 0 Å². The Labute approximate surface area is 149 Å². The minimum atomic E-state index is 0. The van der Waals surface area contributed by atoms with E-state index >= 15 is 0 Å². The van der Waals surface area contributed by atoms with E-state index in [1.165, 1.54) is 0 Å².